The molecule has 2 saturated heterocycles. The van der Waals surface area contributed by atoms with E-state index in [9.17, 15) is 14.4 Å². The van der Waals surface area contributed by atoms with E-state index >= 15 is 0 Å². The fourth-order valence-electron chi connectivity index (χ4n) is 3.23. The maximum absolute atomic E-state index is 12.7. The molecule has 0 aromatic heterocycles. The Morgan fingerprint density at radius 3 is 2.58 bits per heavy atom. The van der Waals surface area contributed by atoms with E-state index in [0.29, 0.717) is 0 Å². The molecule has 0 aliphatic carbocycles. The van der Waals surface area contributed by atoms with Crippen LogP contribution in [0.3, 0.4) is 0 Å². The van der Waals surface area contributed by atoms with Gasteiger partial charge in [0.1, 0.15) is 12.6 Å². The molecule has 1 aromatic carbocycles. The van der Waals surface area contributed by atoms with Gasteiger partial charge in [0.05, 0.1) is 13.5 Å². The highest BCUT2D eigenvalue weighted by Gasteiger charge is 2.59. The zero-order valence-electron chi connectivity index (χ0n) is 13.9. The highest BCUT2D eigenvalue weighted by Crippen LogP contribution is 2.48. The number of hydrogen-bond acceptors (Lipinski definition) is 5. The average Bonchev–Trinajstić information content (AvgIpc) is 2.99. The molecule has 2 heterocycles. The minimum Gasteiger partial charge on any atom is -0.467 e. The van der Waals surface area contributed by atoms with E-state index in [2.05, 4.69) is 0 Å². The third-order valence-corrected chi connectivity index (χ3v) is 5.91. The van der Waals surface area contributed by atoms with Crippen LogP contribution in [-0.4, -0.2) is 57.5 Å². The second-order valence-electron chi connectivity index (χ2n) is 6.46. The maximum atomic E-state index is 12.7. The van der Waals surface area contributed by atoms with Crippen molar-refractivity contribution in [1.29, 1.82) is 0 Å². The first-order valence-electron chi connectivity index (χ1n) is 7.75. The van der Waals surface area contributed by atoms with Crippen LogP contribution in [0, 0.1) is 0 Å². The molecule has 1 unspecified atom stereocenters. The highest BCUT2D eigenvalue weighted by molar-refractivity contribution is 8.01. The summed E-state index contributed by atoms with van der Waals surface area (Å²) in [5, 5.41) is 0. The van der Waals surface area contributed by atoms with Crippen molar-refractivity contribution in [2.75, 3.05) is 13.7 Å². The van der Waals surface area contributed by atoms with E-state index < -0.39 is 22.3 Å². The molecule has 0 radical (unpaired) electrons. The molecule has 0 bridgehead atoms. The number of nitrogens with zero attached hydrogens (tertiary/aromatic N) is 2. The van der Waals surface area contributed by atoms with E-state index in [4.69, 9.17) is 4.74 Å². The summed E-state index contributed by atoms with van der Waals surface area (Å²) in [5.74, 6) is -0.772. The van der Waals surface area contributed by atoms with Crippen molar-refractivity contribution in [3.8, 4) is 0 Å². The van der Waals surface area contributed by atoms with Crippen LogP contribution in [0.4, 0.5) is 0 Å². The average molecular weight is 348 g/mol. The van der Waals surface area contributed by atoms with E-state index in [1.807, 2.05) is 44.2 Å². The molecule has 0 spiro atoms. The maximum Gasteiger partial charge on any atom is 0.330 e. The van der Waals surface area contributed by atoms with Crippen LogP contribution >= 0.6 is 11.8 Å². The molecule has 1 aromatic rings. The Labute approximate surface area is 145 Å². The van der Waals surface area contributed by atoms with Crippen molar-refractivity contribution in [3.63, 3.8) is 0 Å². The fourth-order valence-corrected chi connectivity index (χ4v) is 4.79. The number of esters is 1. The highest BCUT2D eigenvalue weighted by atomic mass is 32.2. The first-order valence-corrected chi connectivity index (χ1v) is 8.63. The van der Waals surface area contributed by atoms with Gasteiger partial charge in [-0.05, 0) is 19.4 Å². The van der Waals surface area contributed by atoms with Crippen LogP contribution < -0.4 is 0 Å². The molecule has 0 N–H and O–H groups in total. The Balaban J connectivity index is 1.82. The van der Waals surface area contributed by atoms with E-state index in [0.717, 1.165) is 5.56 Å². The molecule has 24 heavy (non-hydrogen) atoms. The van der Waals surface area contributed by atoms with Gasteiger partial charge in [-0.3, -0.25) is 14.5 Å². The SMILES string of the molecule is COC(=O)[C@H]1N2C(=O)CN(C(=O)Cc3ccccc3)C2SC1(C)C. The number of hydrogen-bond donors (Lipinski definition) is 0. The van der Waals surface area contributed by atoms with Gasteiger partial charge in [-0.25, -0.2) is 4.79 Å². The summed E-state index contributed by atoms with van der Waals surface area (Å²) in [6.07, 6.45) is 0.238. The molecule has 6 nitrogen and oxygen atoms in total. The Morgan fingerprint density at radius 2 is 1.96 bits per heavy atom. The number of ether oxygens (including phenoxy) is 1. The van der Waals surface area contributed by atoms with E-state index in [-0.39, 0.29) is 24.8 Å². The van der Waals surface area contributed by atoms with Crippen LogP contribution in [0.15, 0.2) is 30.3 Å². The Hall–Kier alpha value is -2.02. The van der Waals surface area contributed by atoms with Crippen LogP contribution in [0.25, 0.3) is 0 Å². The minimum atomic E-state index is -0.681. The van der Waals surface area contributed by atoms with Crippen molar-refractivity contribution in [1.82, 2.24) is 9.80 Å². The zero-order chi connectivity index (χ0) is 17.5. The molecular formula is C17H20N2O4S. The summed E-state index contributed by atoms with van der Waals surface area (Å²) >= 11 is 1.45. The molecule has 2 atom stereocenters. The predicted octanol–water partition coefficient (Wildman–Crippen LogP) is 1.25. The number of rotatable bonds is 3. The van der Waals surface area contributed by atoms with Crippen LogP contribution in [0.2, 0.25) is 0 Å². The summed E-state index contributed by atoms with van der Waals surface area (Å²) < 4.78 is 4.35. The van der Waals surface area contributed by atoms with Crippen molar-refractivity contribution < 1.29 is 19.1 Å². The van der Waals surface area contributed by atoms with Crippen molar-refractivity contribution in [2.24, 2.45) is 0 Å². The van der Waals surface area contributed by atoms with Crippen LogP contribution in [0.1, 0.15) is 19.4 Å². The third kappa shape index (κ3) is 2.77. The number of fused-ring (bicyclic) bond motifs is 1. The lowest BCUT2D eigenvalue weighted by molar-refractivity contribution is -0.152. The number of carbonyl (C=O) groups excluding carboxylic acids is 3. The van der Waals surface area contributed by atoms with Gasteiger partial charge >= 0.3 is 5.97 Å². The van der Waals surface area contributed by atoms with Gasteiger partial charge < -0.3 is 9.64 Å². The zero-order valence-corrected chi connectivity index (χ0v) is 14.7. The van der Waals surface area contributed by atoms with Crippen molar-refractivity contribution in [2.45, 2.75) is 36.6 Å². The molecule has 7 heteroatoms. The van der Waals surface area contributed by atoms with Gasteiger partial charge in [0.15, 0.2) is 5.50 Å². The smallest absolute Gasteiger partial charge is 0.330 e. The summed E-state index contributed by atoms with van der Waals surface area (Å²) in [4.78, 5) is 40.3. The lowest BCUT2D eigenvalue weighted by Crippen LogP contribution is -2.49. The summed E-state index contributed by atoms with van der Waals surface area (Å²) in [6.45, 7) is 3.79. The lowest BCUT2D eigenvalue weighted by Gasteiger charge is -2.27. The van der Waals surface area contributed by atoms with E-state index in [1.54, 1.807) is 4.90 Å². The van der Waals surface area contributed by atoms with Gasteiger partial charge in [0.2, 0.25) is 11.8 Å². The summed E-state index contributed by atoms with van der Waals surface area (Å²) in [6, 6.07) is 8.74. The first-order chi connectivity index (χ1) is 11.3. The fraction of sp³-hybridized carbons (Fsp3) is 0.471. The van der Waals surface area contributed by atoms with Gasteiger partial charge in [-0.2, -0.15) is 0 Å². The van der Waals surface area contributed by atoms with Gasteiger partial charge in [-0.1, -0.05) is 30.3 Å². The van der Waals surface area contributed by atoms with Crippen molar-refractivity contribution in [3.05, 3.63) is 35.9 Å². The van der Waals surface area contributed by atoms with E-state index in [1.165, 1.54) is 23.8 Å². The minimum absolute atomic E-state index is 0.00685. The number of methoxy groups -OCH3 is 1. The van der Waals surface area contributed by atoms with Crippen molar-refractivity contribution >= 4 is 29.5 Å². The first kappa shape index (κ1) is 16.8. The number of amides is 2. The molecular weight excluding hydrogens is 328 g/mol. The number of benzene rings is 1. The monoisotopic (exact) mass is 348 g/mol. The topological polar surface area (TPSA) is 66.9 Å². The largest absolute Gasteiger partial charge is 0.467 e. The van der Waals surface area contributed by atoms with Gasteiger partial charge in [-0.15, -0.1) is 11.8 Å². The van der Waals surface area contributed by atoms with Gasteiger partial charge in [0, 0.05) is 4.75 Å². The molecule has 0 saturated carbocycles. The molecule has 2 amide bonds. The van der Waals surface area contributed by atoms with Crippen LogP contribution in [-0.2, 0) is 25.5 Å². The Kier molecular flexibility index (Phi) is 4.29. The normalized spacial score (nSPS) is 24.9. The lowest BCUT2D eigenvalue weighted by atomic mass is 10.0. The molecule has 128 valence electrons. The molecule has 2 fully saturated rings. The second kappa shape index (κ2) is 6.12. The van der Waals surface area contributed by atoms with Gasteiger partial charge in [0.25, 0.3) is 0 Å². The predicted molar refractivity (Wildman–Crippen MR) is 90.0 cm³/mol. The second-order valence-corrected chi connectivity index (χ2v) is 8.17. The summed E-state index contributed by atoms with van der Waals surface area (Å²) in [7, 11) is 1.31. The quantitative estimate of drug-likeness (QED) is 0.769. The Bertz CT molecular complexity index is 676. The number of carbonyl (C=O) groups is 3. The molecule has 2 aliphatic rings. The molecule has 2 aliphatic heterocycles. The Morgan fingerprint density at radius 1 is 1.29 bits per heavy atom. The van der Waals surface area contributed by atoms with Crippen LogP contribution in [0.5, 0.6) is 0 Å². The summed E-state index contributed by atoms with van der Waals surface area (Å²) in [5.41, 5.74) is 0.452. The third-order valence-electron chi connectivity index (χ3n) is 4.39. The molecule has 3 rings (SSSR count). The standard InChI is InChI=1S/C17H20N2O4S/c1-17(2)14(15(22)23-3)19-13(21)10-18(16(19)24-17)12(20)9-11-7-5-4-6-8-11/h4-8,14,16H,9-10H2,1-3H3/t14-,16?/m1/s1. The number of thioether (sulfide) groups is 1.